The molecule has 2 rings (SSSR count). The predicted molar refractivity (Wildman–Crippen MR) is 55.0 cm³/mol. The van der Waals surface area contributed by atoms with E-state index in [1.807, 2.05) is 4.90 Å². The van der Waals surface area contributed by atoms with Crippen LogP contribution in [0.1, 0.15) is 32.1 Å². The average molecular weight is 197 g/mol. The number of carbonyl (C=O) groups is 1. The third-order valence-corrected chi connectivity index (χ3v) is 3.30. The number of nitrogens with two attached hydrogens (primary N) is 1. The summed E-state index contributed by atoms with van der Waals surface area (Å²) in [5.41, 5.74) is 5.84. The summed E-state index contributed by atoms with van der Waals surface area (Å²) in [6, 6.07) is 0.922. The minimum atomic E-state index is 0.122. The number of urea groups is 1. The van der Waals surface area contributed by atoms with Crippen molar-refractivity contribution in [2.75, 3.05) is 13.1 Å². The van der Waals surface area contributed by atoms with E-state index in [1.165, 1.54) is 0 Å². The zero-order chi connectivity index (χ0) is 9.97. The molecule has 0 bridgehead atoms. The van der Waals surface area contributed by atoms with Gasteiger partial charge in [0.1, 0.15) is 0 Å². The van der Waals surface area contributed by atoms with E-state index in [1.54, 1.807) is 0 Å². The molecule has 2 fully saturated rings. The monoisotopic (exact) mass is 197 g/mol. The fourth-order valence-corrected chi connectivity index (χ4v) is 2.41. The highest BCUT2D eigenvalue weighted by molar-refractivity contribution is 5.75. The predicted octanol–water partition coefficient (Wildman–Crippen LogP) is 0.672. The Balaban J connectivity index is 1.90. The largest absolute Gasteiger partial charge is 0.338 e. The van der Waals surface area contributed by atoms with Crippen molar-refractivity contribution in [2.45, 2.75) is 44.2 Å². The minimum absolute atomic E-state index is 0.122. The van der Waals surface area contributed by atoms with Gasteiger partial charge >= 0.3 is 6.03 Å². The van der Waals surface area contributed by atoms with Crippen LogP contribution in [0.3, 0.4) is 0 Å². The van der Waals surface area contributed by atoms with Crippen molar-refractivity contribution in [3.63, 3.8) is 0 Å². The van der Waals surface area contributed by atoms with Gasteiger partial charge in [-0.25, -0.2) is 4.79 Å². The standard InChI is InChI=1S/C10H19N3O/c11-8-2-4-9(5-3-8)13-7-1-6-12-10(13)14/h8-9H,1-7,11H2,(H,12,14). The van der Waals surface area contributed by atoms with E-state index >= 15 is 0 Å². The van der Waals surface area contributed by atoms with Gasteiger partial charge in [0.15, 0.2) is 0 Å². The normalized spacial score (nSPS) is 34.1. The van der Waals surface area contributed by atoms with Crippen molar-refractivity contribution >= 4 is 6.03 Å². The topological polar surface area (TPSA) is 58.4 Å². The molecule has 2 amide bonds. The molecule has 80 valence electrons. The van der Waals surface area contributed by atoms with Crippen LogP contribution < -0.4 is 11.1 Å². The van der Waals surface area contributed by atoms with Gasteiger partial charge in [0.2, 0.25) is 0 Å². The quantitative estimate of drug-likeness (QED) is 0.649. The highest BCUT2D eigenvalue weighted by Gasteiger charge is 2.28. The minimum Gasteiger partial charge on any atom is -0.338 e. The van der Waals surface area contributed by atoms with E-state index in [0.717, 1.165) is 45.2 Å². The highest BCUT2D eigenvalue weighted by Crippen LogP contribution is 2.23. The van der Waals surface area contributed by atoms with Crippen molar-refractivity contribution in [1.29, 1.82) is 0 Å². The fourth-order valence-electron chi connectivity index (χ4n) is 2.41. The molecular weight excluding hydrogens is 178 g/mol. The molecule has 0 unspecified atom stereocenters. The first kappa shape index (κ1) is 9.77. The van der Waals surface area contributed by atoms with Gasteiger partial charge in [0.25, 0.3) is 0 Å². The van der Waals surface area contributed by atoms with Crippen molar-refractivity contribution in [2.24, 2.45) is 5.73 Å². The summed E-state index contributed by atoms with van der Waals surface area (Å²) in [5.74, 6) is 0. The van der Waals surface area contributed by atoms with Gasteiger partial charge in [-0.3, -0.25) is 0 Å². The lowest BCUT2D eigenvalue weighted by molar-refractivity contribution is 0.139. The molecule has 1 saturated heterocycles. The number of nitrogens with one attached hydrogen (secondary N) is 1. The second-order valence-corrected chi connectivity index (χ2v) is 4.35. The number of nitrogens with zero attached hydrogens (tertiary/aromatic N) is 1. The van der Waals surface area contributed by atoms with Gasteiger partial charge in [-0.15, -0.1) is 0 Å². The molecule has 0 atom stereocenters. The Morgan fingerprint density at radius 3 is 2.64 bits per heavy atom. The highest BCUT2D eigenvalue weighted by atomic mass is 16.2. The molecule has 1 saturated carbocycles. The lowest BCUT2D eigenvalue weighted by Crippen LogP contribution is -2.52. The van der Waals surface area contributed by atoms with E-state index < -0.39 is 0 Å². The molecule has 4 heteroatoms. The second kappa shape index (κ2) is 4.17. The van der Waals surface area contributed by atoms with Crippen molar-refractivity contribution < 1.29 is 4.79 Å². The molecule has 0 aromatic rings. The van der Waals surface area contributed by atoms with Crippen molar-refractivity contribution in [1.82, 2.24) is 10.2 Å². The van der Waals surface area contributed by atoms with E-state index in [-0.39, 0.29) is 6.03 Å². The molecule has 0 aromatic heterocycles. The molecule has 4 nitrogen and oxygen atoms in total. The van der Waals surface area contributed by atoms with Crippen LogP contribution >= 0.6 is 0 Å². The van der Waals surface area contributed by atoms with Gasteiger partial charge in [-0.2, -0.15) is 0 Å². The van der Waals surface area contributed by atoms with Crippen LogP contribution in [0.4, 0.5) is 4.79 Å². The summed E-state index contributed by atoms with van der Waals surface area (Å²) < 4.78 is 0. The number of hydrogen-bond donors (Lipinski definition) is 2. The first-order chi connectivity index (χ1) is 6.77. The first-order valence-corrected chi connectivity index (χ1v) is 5.57. The van der Waals surface area contributed by atoms with Crippen LogP contribution in [0.5, 0.6) is 0 Å². The summed E-state index contributed by atoms with van der Waals surface area (Å²) >= 11 is 0. The fraction of sp³-hybridized carbons (Fsp3) is 0.900. The molecule has 0 aromatic carbocycles. The second-order valence-electron chi connectivity index (χ2n) is 4.35. The third kappa shape index (κ3) is 2.00. The SMILES string of the molecule is NC1CCC(N2CCCNC2=O)CC1. The summed E-state index contributed by atoms with van der Waals surface area (Å²) in [6.45, 7) is 1.76. The van der Waals surface area contributed by atoms with Crippen LogP contribution in [-0.4, -0.2) is 36.1 Å². The maximum Gasteiger partial charge on any atom is 0.317 e. The van der Waals surface area contributed by atoms with Crippen molar-refractivity contribution in [3.05, 3.63) is 0 Å². The smallest absolute Gasteiger partial charge is 0.317 e. The van der Waals surface area contributed by atoms with Gasteiger partial charge in [-0.05, 0) is 32.1 Å². The molecule has 3 N–H and O–H groups in total. The number of rotatable bonds is 1. The van der Waals surface area contributed by atoms with Gasteiger partial charge < -0.3 is 16.0 Å². The summed E-state index contributed by atoms with van der Waals surface area (Å²) in [7, 11) is 0. The zero-order valence-electron chi connectivity index (χ0n) is 8.54. The van der Waals surface area contributed by atoms with E-state index in [9.17, 15) is 4.79 Å². The Morgan fingerprint density at radius 2 is 2.00 bits per heavy atom. The van der Waals surface area contributed by atoms with Crippen molar-refractivity contribution in [3.8, 4) is 0 Å². The number of amides is 2. The van der Waals surface area contributed by atoms with Crippen LogP contribution in [0, 0.1) is 0 Å². The van der Waals surface area contributed by atoms with Crippen LogP contribution in [0.25, 0.3) is 0 Å². The van der Waals surface area contributed by atoms with Gasteiger partial charge in [0, 0.05) is 25.2 Å². The maximum absolute atomic E-state index is 11.6. The Kier molecular flexibility index (Phi) is 2.91. The summed E-state index contributed by atoms with van der Waals surface area (Å²) in [6.07, 6.45) is 5.36. The molecule has 1 aliphatic carbocycles. The Bertz CT molecular complexity index is 211. The van der Waals surface area contributed by atoms with Crippen LogP contribution in [0.15, 0.2) is 0 Å². The van der Waals surface area contributed by atoms with E-state index in [2.05, 4.69) is 5.32 Å². The van der Waals surface area contributed by atoms with Gasteiger partial charge in [0.05, 0.1) is 0 Å². The van der Waals surface area contributed by atoms with Crippen LogP contribution in [-0.2, 0) is 0 Å². The molecule has 0 spiro atoms. The Morgan fingerprint density at radius 1 is 1.29 bits per heavy atom. The first-order valence-electron chi connectivity index (χ1n) is 5.57. The summed E-state index contributed by atoms with van der Waals surface area (Å²) in [4.78, 5) is 13.6. The number of hydrogen-bond acceptors (Lipinski definition) is 2. The third-order valence-electron chi connectivity index (χ3n) is 3.30. The van der Waals surface area contributed by atoms with Gasteiger partial charge in [-0.1, -0.05) is 0 Å². The van der Waals surface area contributed by atoms with E-state index in [0.29, 0.717) is 12.1 Å². The zero-order valence-corrected chi connectivity index (χ0v) is 8.54. The Labute approximate surface area is 84.8 Å². The molecule has 1 heterocycles. The maximum atomic E-state index is 11.6. The Hall–Kier alpha value is -0.770. The average Bonchev–Trinajstić information content (AvgIpc) is 2.20. The molecular formula is C10H19N3O. The van der Waals surface area contributed by atoms with E-state index in [4.69, 9.17) is 5.73 Å². The molecule has 1 aliphatic heterocycles. The molecule has 0 radical (unpaired) electrons. The molecule has 2 aliphatic rings. The van der Waals surface area contributed by atoms with Crippen LogP contribution in [0.2, 0.25) is 0 Å². The lowest BCUT2D eigenvalue weighted by atomic mass is 9.90. The number of carbonyl (C=O) groups excluding carboxylic acids is 1. The molecule has 14 heavy (non-hydrogen) atoms. The summed E-state index contributed by atoms with van der Waals surface area (Å²) in [5, 5.41) is 2.90. The lowest BCUT2D eigenvalue weighted by Gasteiger charge is -2.38.